The molecule has 1 unspecified atom stereocenters. The van der Waals surface area contributed by atoms with Crippen LogP contribution >= 0.6 is 0 Å². The molecule has 1 aliphatic heterocycles. The van der Waals surface area contributed by atoms with Crippen LogP contribution in [0.1, 0.15) is 18.4 Å². The first-order valence-corrected chi connectivity index (χ1v) is 11.5. The number of nitrogens with zero attached hydrogens (tertiary/aromatic N) is 1. The molecule has 1 fully saturated rings. The molecular weight excluding hydrogens is 424 g/mol. The average Bonchev–Trinajstić information content (AvgIpc) is 3.38. The lowest BCUT2D eigenvalue weighted by Gasteiger charge is -2.23. The van der Waals surface area contributed by atoms with Gasteiger partial charge in [-0.15, -0.1) is 0 Å². The van der Waals surface area contributed by atoms with E-state index in [1.54, 1.807) is 0 Å². The normalized spacial score (nSPS) is 15.3. The number of ether oxygens (including phenoxy) is 1. The highest BCUT2D eigenvalue weighted by Crippen LogP contribution is 2.24. The largest absolute Gasteiger partial charge is 0.445 e. The summed E-state index contributed by atoms with van der Waals surface area (Å²) >= 11 is 0. The van der Waals surface area contributed by atoms with E-state index >= 15 is 0 Å². The lowest BCUT2D eigenvalue weighted by Crippen LogP contribution is -2.43. The van der Waals surface area contributed by atoms with Crippen molar-refractivity contribution in [1.29, 1.82) is 0 Å². The molecule has 0 radical (unpaired) electrons. The van der Waals surface area contributed by atoms with E-state index in [-0.39, 0.29) is 12.5 Å². The zero-order chi connectivity index (χ0) is 23.3. The summed E-state index contributed by atoms with van der Waals surface area (Å²) in [7, 11) is 0. The number of benzene rings is 4. The molecule has 1 N–H and O–H groups in total. The van der Waals surface area contributed by atoms with E-state index in [0.717, 1.165) is 39.6 Å². The monoisotopic (exact) mass is 450 g/mol. The molecule has 2 amide bonds. The van der Waals surface area contributed by atoms with Crippen LogP contribution in [0.15, 0.2) is 97.1 Å². The fraction of sp³-hybridized carbons (Fsp3) is 0.172. The van der Waals surface area contributed by atoms with Gasteiger partial charge in [-0.2, -0.15) is 0 Å². The molecule has 4 aromatic carbocycles. The first-order valence-electron chi connectivity index (χ1n) is 11.5. The van der Waals surface area contributed by atoms with Gasteiger partial charge in [0.2, 0.25) is 5.91 Å². The summed E-state index contributed by atoms with van der Waals surface area (Å²) in [5.41, 5.74) is 3.89. The average molecular weight is 451 g/mol. The molecule has 0 aliphatic carbocycles. The summed E-state index contributed by atoms with van der Waals surface area (Å²) in [5.74, 6) is -0.183. The first kappa shape index (κ1) is 21.7. The molecule has 0 saturated carbocycles. The summed E-state index contributed by atoms with van der Waals surface area (Å²) in [6.45, 7) is 0.686. The highest BCUT2D eigenvalue weighted by atomic mass is 16.6. The quantitative estimate of drug-likeness (QED) is 0.391. The molecule has 1 atom stereocenters. The highest BCUT2D eigenvalue weighted by Gasteiger charge is 2.35. The van der Waals surface area contributed by atoms with Crippen molar-refractivity contribution in [2.24, 2.45) is 0 Å². The number of rotatable bonds is 5. The topological polar surface area (TPSA) is 58.6 Å². The van der Waals surface area contributed by atoms with Gasteiger partial charge in [-0.05, 0) is 52.4 Å². The van der Waals surface area contributed by atoms with Gasteiger partial charge in [-0.25, -0.2) is 4.79 Å². The maximum Gasteiger partial charge on any atom is 0.410 e. The van der Waals surface area contributed by atoms with Crippen molar-refractivity contribution in [3.05, 3.63) is 103 Å². The SMILES string of the molecule is O=C(Nc1ccc2ccccc2c1)C1CCCN1C(=O)OCc1ccc(-c2ccccc2)cc1. The predicted octanol–water partition coefficient (Wildman–Crippen LogP) is 6.25. The van der Waals surface area contributed by atoms with Crippen molar-refractivity contribution >= 4 is 28.5 Å². The number of anilines is 1. The van der Waals surface area contributed by atoms with Crippen molar-refractivity contribution in [3.63, 3.8) is 0 Å². The van der Waals surface area contributed by atoms with E-state index in [0.29, 0.717) is 13.0 Å². The zero-order valence-corrected chi connectivity index (χ0v) is 18.8. The molecule has 0 bridgehead atoms. The molecule has 0 spiro atoms. The molecule has 1 aliphatic rings. The Hall–Kier alpha value is -4.12. The molecule has 1 heterocycles. The second-order valence-corrected chi connectivity index (χ2v) is 8.52. The molecule has 5 nitrogen and oxygen atoms in total. The van der Waals surface area contributed by atoms with Crippen molar-refractivity contribution < 1.29 is 14.3 Å². The number of carbonyl (C=O) groups is 2. The van der Waals surface area contributed by atoms with Crippen LogP contribution in [0.5, 0.6) is 0 Å². The Bertz CT molecular complexity index is 1300. The smallest absolute Gasteiger partial charge is 0.410 e. The predicted molar refractivity (Wildman–Crippen MR) is 134 cm³/mol. The van der Waals surface area contributed by atoms with Crippen LogP contribution < -0.4 is 5.32 Å². The van der Waals surface area contributed by atoms with Crippen molar-refractivity contribution in [3.8, 4) is 11.1 Å². The third kappa shape index (κ3) is 4.79. The Kier molecular flexibility index (Phi) is 6.25. The second-order valence-electron chi connectivity index (χ2n) is 8.52. The van der Waals surface area contributed by atoms with Gasteiger partial charge in [0.05, 0.1) is 0 Å². The molecular formula is C29H26N2O3. The maximum absolute atomic E-state index is 13.0. The van der Waals surface area contributed by atoms with Gasteiger partial charge < -0.3 is 10.1 Å². The Morgan fingerprint density at radius 2 is 1.53 bits per heavy atom. The summed E-state index contributed by atoms with van der Waals surface area (Å²) in [4.78, 5) is 27.3. The minimum Gasteiger partial charge on any atom is -0.445 e. The van der Waals surface area contributed by atoms with E-state index in [2.05, 4.69) is 17.4 Å². The first-order chi connectivity index (χ1) is 16.7. The third-order valence-corrected chi connectivity index (χ3v) is 6.23. The van der Waals surface area contributed by atoms with E-state index < -0.39 is 12.1 Å². The third-order valence-electron chi connectivity index (χ3n) is 6.23. The number of fused-ring (bicyclic) bond motifs is 1. The Morgan fingerprint density at radius 3 is 2.32 bits per heavy atom. The Morgan fingerprint density at radius 1 is 0.824 bits per heavy atom. The number of carbonyl (C=O) groups excluding carboxylic acids is 2. The van der Waals surface area contributed by atoms with Crippen molar-refractivity contribution in [2.75, 3.05) is 11.9 Å². The van der Waals surface area contributed by atoms with Crippen LogP contribution in [0, 0.1) is 0 Å². The van der Waals surface area contributed by atoms with E-state index in [9.17, 15) is 9.59 Å². The van der Waals surface area contributed by atoms with E-state index in [1.165, 1.54) is 4.90 Å². The van der Waals surface area contributed by atoms with E-state index in [1.807, 2.05) is 84.9 Å². The minimum atomic E-state index is -0.528. The summed E-state index contributed by atoms with van der Waals surface area (Å²) in [6, 6.07) is 31.4. The number of amides is 2. The van der Waals surface area contributed by atoms with Crippen molar-refractivity contribution in [1.82, 2.24) is 4.90 Å². The van der Waals surface area contributed by atoms with Crippen LogP contribution in [0.25, 0.3) is 21.9 Å². The van der Waals surface area contributed by atoms with Crippen molar-refractivity contribution in [2.45, 2.75) is 25.5 Å². The summed E-state index contributed by atoms with van der Waals surface area (Å²) in [6.07, 6.45) is 0.944. The van der Waals surface area contributed by atoms with Gasteiger partial charge in [-0.1, -0.05) is 84.9 Å². The molecule has 5 heteroatoms. The number of hydrogen-bond acceptors (Lipinski definition) is 3. The van der Waals surface area contributed by atoms with Gasteiger partial charge >= 0.3 is 6.09 Å². The van der Waals surface area contributed by atoms with Crippen LogP contribution in [0.3, 0.4) is 0 Å². The summed E-state index contributed by atoms with van der Waals surface area (Å²) in [5, 5.41) is 5.14. The van der Waals surface area contributed by atoms with Crippen LogP contribution in [0.2, 0.25) is 0 Å². The Balaban J connectivity index is 1.19. The van der Waals surface area contributed by atoms with Gasteiger partial charge in [0.1, 0.15) is 12.6 Å². The molecule has 1 saturated heterocycles. The second kappa shape index (κ2) is 9.79. The number of likely N-dealkylation sites (tertiary alicyclic amines) is 1. The molecule has 170 valence electrons. The number of nitrogens with one attached hydrogen (secondary N) is 1. The zero-order valence-electron chi connectivity index (χ0n) is 18.8. The molecule has 34 heavy (non-hydrogen) atoms. The van der Waals surface area contributed by atoms with Gasteiger partial charge in [0.15, 0.2) is 0 Å². The van der Waals surface area contributed by atoms with Crippen LogP contribution in [-0.4, -0.2) is 29.5 Å². The van der Waals surface area contributed by atoms with Crippen LogP contribution in [0.4, 0.5) is 10.5 Å². The lowest BCUT2D eigenvalue weighted by atomic mass is 10.0. The minimum absolute atomic E-state index is 0.170. The van der Waals surface area contributed by atoms with Gasteiger partial charge in [0, 0.05) is 12.2 Å². The van der Waals surface area contributed by atoms with Gasteiger partial charge in [-0.3, -0.25) is 9.69 Å². The Labute approximate surface area is 199 Å². The van der Waals surface area contributed by atoms with E-state index in [4.69, 9.17) is 4.74 Å². The fourth-order valence-electron chi connectivity index (χ4n) is 4.40. The summed E-state index contributed by atoms with van der Waals surface area (Å²) < 4.78 is 5.55. The molecule has 4 aromatic rings. The maximum atomic E-state index is 13.0. The fourth-order valence-corrected chi connectivity index (χ4v) is 4.40. The molecule has 0 aromatic heterocycles. The molecule has 5 rings (SSSR count). The van der Waals surface area contributed by atoms with Crippen LogP contribution in [-0.2, 0) is 16.1 Å². The highest BCUT2D eigenvalue weighted by molar-refractivity contribution is 5.98. The standard InChI is InChI=1S/C29H26N2O3/c32-28(30-26-17-16-23-9-4-5-10-25(23)19-26)27-11-6-18-31(27)29(33)34-20-21-12-14-24(15-13-21)22-7-2-1-3-8-22/h1-5,7-10,12-17,19,27H,6,11,18,20H2,(H,30,32). The lowest BCUT2D eigenvalue weighted by molar-refractivity contribution is -0.120. The van der Waals surface area contributed by atoms with Gasteiger partial charge in [0.25, 0.3) is 0 Å². The number of hydrogen-bond donors (Lipinski definition) is 1.